The molecule has 0 aromatic carbocycles. The molecule has 0 unspecified atom stereocenters. The van der Waals surface area contributed by atoms with Crippen molar-refractivity contribution in [3.63, 3.8) is 0 Å². The Morgan fingerprint density at radius 2 is 2.19 bits per heavy atom. The number of carbonyl (C=O) groups is 1. The van der Waals surface area contributed by atoms with E-state index in [4.69, 9.17) is 0 Å². The van der Waals surface area contributed by atoms with E-state index < -0.39 is 0 Å². The normalized spacial score (nSPS) is 22.2. The third-order valence-electron chi connectivity index (χ3n) is 2.62. The highest BCUT2D eigenvalue weighted by Gasteiger charge is 2.19. The second-order valence-electron chi connectivity index (χ2n) is 3.83. The van der Waals surface area contributed by atoms with Gasteiger partial charge in [0.1, 0.15) is 0 Å². The first kappa shape index (κ1) is 10.3. The van der Waals surface area contributed by atoms with Crippen LogP contribution >= 0.6 is 23.1 Å². The summed E-state index contributed by atoms with van der Waals surface area (Å²) in [7, 11) is 0. The Morgan fingerprint density at radius 1 is 1.31 bits per heavy atom. The number of fused-ring (bicyclic) bond motifs is 1. The third-order valence-corrected chi connectivity index (χ3v) is 4.54. The summed E-state index contributed by atoms with van der Waals surface area (Å²) in [5.41, 5.74) is 1.21. The SMILES string of the molecule is O=C1CSC(=Nc2nc3c(s2)CCCC3)N1. The van der Waals surface area contributed by atoms with Gasteiger partial charge in [-0.1, -0.05) is 23.1 Å². The summed E-state index contributed by atoms with van der Waals surface area (Å²) in [6.07, 6.45) is 4.71. The first-order chi connectivity index (χ1) is 7.81. The lowest BCUT2D eigenvalue weighted by molar-refractivity contribution is -0.116. The number of carbonyl (C=O) groups excluding carboxylic acids is 1. The van der Waals surface area contributed by atoms with Crippen LogP contribution in [0, 0.1) is 0 Å². The lowest BCUT2D eigenvalue weighted by Gasteiger charge is -2.06. The van der Waals surface area contributed by atoms with Crippen LogP contribution in [-0.4, -0.2) is 21.8 Å². The number of nitrogens with one attached hydrogen (secondary N) is 1. The Balaban J connectivity index is 1.84. The molecular formula is C10H11N3OS2. The number of thiazole rings is 1. The van der Waals surface area contributed by atoms with Gasteiger partial charge in [0, 0.05) is 4.88 Å². The second kappa shape index (κ2) is 4.18. The van der Waals surface area contributed by atoms with Gasteiger partial charge in [-0.3, -0.25) is 4.79 Å². The van der Waals surface area contributed by atoms with Gasteiger partial charge in [-0.25, -0.2) is 4.98 Å². The molecule has 0 spiro atoms. The van der Waals surface area contributed by atoms with E-state index in [1.54, 1.807) is 11.3 Å². The Hall–Kier alpha value is -0.880. The summed E-state index contributed by atoms with van der Waals surface area (Å²) in [5.74, 6) is 0.509. The van der Waals surface area contributed by atoms with Crippen LogP contribution in [0.5, 0.6) is 0 Å². The summed E-state index contributed by atoms with van der Waals surface area (Å²) >= 11 is 3.11. The molecule has 1 N–H and O–H groups in total. The molecule has 2 heterocycles. The Morgan fingerprint density at radius 3 is 2.94 bits per heavy atom. The summed E-state index contributed by atoms with van der Waals surface area (Å²) in [4.78, 5) is 21.3. The molecule has 0 radical (unpaired) electrons. The molecule has 1 saturated heterocycles. The number of hydrogen-bond donors (Lipinski definition) is 1. The minimum Gasteiger partial charge on any atom is -0.304 e. The fraction of sp³-hybridized carbons (Fsp3) is 0.500. The number of amidine groups is 1. The van der Waals surface area contributed by atoms with E-state index in [1.165, 1.54) is 35.2 Å². The monoisotopic (exact) mass is 253 g/mol. The first-order valence-corrected chi connectivity index (χ1v) is 7.11. The molecule has 1 aliphatic carbocycles. The van der Waals surface area contributed by atoms with Gasteiger partial charge in [0.15, 0.2) is 5.17 Å². The van der Waals surface area contributed by atoms with Crippen molar-refractivity contribution in [3.05, 3.63) is 10.6 Å². The molecule has 3 rings (SSSR count). The van der Waals surface area contributed by atoms with Crippen molar-refractivity contribution in [1.82, 2.24) is 10.3 Å². The minimum atomic E-state index is 0.0325. The standard InChI is InChI=1S/C10H11N3OS2/c14-8-5-15-9(12-8)13-10-11-6-3-1-2-4-7(6)16-10/h1-5H2,(H,11,12,13,14). The van der Waals surface area contributed by atoms with E-state index in [1.807, 2.05) is 0 Å². The first-order valence-electron chi connectivity index (χ1n) is 5.31. The van der Waals surface area contributed by atoms with Crippen LogP contribution in [0.25, 0.3) is 0 Å². The van der Waals surface area contributed by atoms with E-state index in [0.29, 0.717) is 10.9 Å². The molecule has 1 aromatic heterocycles. The zero-order valence-electron chi connectivity index (χ0n) is 8.65. The van der Waals surface area contributed by atoms with E-state index in [0.717, 1.165) is 18.0 Å². The van der Waals surface area contributed by atoms with Gasteiger partial charge < -0.3 is 5.32 Å². The fourth-order valence-corrected chi connectivity index (χ4v) is 3.62. The average Bonchev–Trinajstić information content (AvgIpc) is 2.84. The van der Waals surface area contributed by atoms with E-state index in [9.17, 15) is 4.79 Å². The van der Waals surface area contributed by atoms with Crippen LogP contribution in [0.3, 0.4) is 0 Å². The van der Waals surface area contributed by atoms with Crippen molar-refractivity contribution in [2.75, 3.05) is 5.75 Å². The Bertz CT molecular complexity index is 443. The number of rotatable bonds is 1. The van der Waals surface area contributed by atoms with Crippen molar-refractivity contribution < 1.29 is 4.79 Å². The highest BCUT2D eigenvalue weighted by molar-refractivity contribution is 8.15. The van der Waals surface area contributed by atoms with Gasteiger partial charge >= 0.3 is 0 Å². The molecule has 0 atom stereocenters. The van der Waals surface area contributed by atoms with Crippen molar-refractivity contribution in [1.29, 1.82) is 0 Å². The number of aryl methyl sites for hydroxylation is 2. The smallest absolute Gasteiger partial charge is 0.236 e. The van der Waals surface area contributed by atoms with Crippen molar-refractivity contribution in [2.24, 2.45) is 4.99 Å². The van der Waals surface area contributed by atoms with Crippen LogP contribution in [0.4, 0.5) is 5.13 Å². The number of amides is 1. The number of hydrogen-bond acceptors (Lipinski definition) is 5. The summed E-state index contributed by atoms with van der Waals surface area (Å²) in [6, 6.07) is 0. The predicted octanol–water partition coefficient (Wildman–Crippen LogP) is 1.87. The molecule has 16 heavy (non-hydrogen) atoms. The zero-order chi connectivity index (χ0) is 11.0. The zero-order valence-corrected chi connectivity index (χ0v) is 10.3. The third kappa shape index (κ3) is 1.99. The van der Waals surface area contributed by atoms with Gasteiger partial charge in [-0.05, 0) is 25.7 Å². The maximum Gasteiger partial charge on any atom is 0.236 e. The highest BCUT2D eigenvalue weighted by Crippen LogP contribution is 2.31. The summed E-state index contributed by atoms with van der Waals surface area (Å²) < 4.78 is 0. The van der Waals surface area contributed by atoms with Crippen LogP contribution in [-0.2, 0) is 17.6 Å². The lowest BCUT2D eigenvalue weighted by atomic mass is 10.0. The van der Waals surface area contributed by atoms with Crippen LogP contribution < -0.4 is 5.32 Å². The van der Waals surface area contributed by atoms with Gasteiger partial charge in [0.05, 0.1) is 11.4 Å². The Kier molecular flexibility index (Phi) is 2.69. The topological polar surface area (TPSA) is 54.4 Å². The lowest BCUT2D eigenvalue weighted by Crippen LogP contribution is -2.19. The largest absolute Gasteiger partial charge is 0.304 e. The number of aromatic nitrogens is 1. The quantitative estimate of drug-likeness (QED) is 0.831. The predicted molar refractivity (Wildman–Crippen MR) is 66.5 cm³/mol. The van der Waals surface area contributed by atoms with Crippen molar-refractivity contribution in [3.8, 4) is 0 Å². The van der Waals surface area contributed by atoms with Gasteiger partial charge in [0.25, 0.3) is 0 Å². The molecule has 0 bridgehead atoms. The average molecular weight is 253 g/mol. The second-order valence-corrected chi connectivity index (χ2v) is 5.85. The number of thioether (sulfide) groups is 1. The van der Waals surface area contributed by atoms with Crippen LogP contribution in [0.15, 0.2) is 4.99 Å². The molecule has 4 nitrogen and oxygen atoms in total. The van der Waals surface area contributed by atoms with Crippen molar-refractivity contribution in [2.45, 2.75) is 25.7 Å². The highest BCUT2D eigenvalue weighted by atomic mass is 32.2. The van der Waals surface area contributed by atoms with Gasteiger partial charge in [0.2, 0.25) is 11.0 Å². The molecule has 6 heteroatoms. The number of nitrogens with zero attached hydrogens (tertiary/aromatic N) is 2. The summed E-state index contributed by atoms with van der Waals surface area (Å²) in [5, 5.41) is 4.20. The molecule has 1 aromatic rings. The minimum absolute atomic E-state index is 0.0325. The van der Waals surface area contributed by atoms with Gasteiger partial charge in [-0.2, -0.15) is 4.99 Å². The molecule has 0 saturated carbocycles. The molecule has 2 aliphatic rings. The van der Waals surface area contributed by atoms with E-state index in [-0.39, 0.29) is 5.91 Å². The Labute approximate surface area is 102 Å². The van der Waals surface area contributed by atoms with E-state index >= 15 is 0 Å². The van der Waals surface area contributed by atoms with Crippen LogP contribution in [0.1, 0.15) is 23.4 Å². The fourth-order valence-electron chi connectivity index (χ4n) is 1.86. The molecular weight excluding hydrogens is 242 g/mol. The maximum atomic E-state index is 11.0. The van der Waals surface area contributed by atoms with Gasteiger partial charge in [-0.15, -0.1) is 0 Å². The van der Waals surface area contributed by atoms with E-state index in [2.05, 4.69) is 15.3 Å². The molecule has 84 valence electrons. The van der Waals surface area contributed by atoms with Crippen molar-refractivity contribution >= 4 is 39.3 Å². The molecule has 1 amide bonds. The summed E-state index contributed by atoms with van der Waals surface area (Å²) in [6.45, 7) is 0. The number of aliphatic imine (C=N–C) groups is 1. The molecule has 1 fully saturated rings. The molecule has 1 aliphatic heterocycles. The van der Waals surface area contributed by atoms with Crippen LogP contribution in [0.2, 0.25) is 0 Å². The maximum absolute atomic E-state index is 11.0.